The average molecular weight is 222 g/mol. The van der Waals surface area contributed by atoms with Crippen LogP contribution in [0.25, 0.3) is 10.9 Å². The van der Waals surface area contributed by atoms with Gasteiger partial charge in [-0.25, -0.2) is 0 Å². The van der Waals surface area contributed by atoms with E-state index in [1.807, 2.05) is 31.2 Å². The number of halogens is 1. The molecule has 0 radical (unpaired) electrons. The van der Waals surface area contributed by atoms with Crippen molar-refractivity contribution in [2.45, 2.75) is 19.2 Å². The van der Waals surface area contributed by atoms with E-state index >= 15 is 0 Å². The zero-order chi connectivity index (χ0) is 11.0. The van der Waals surface area contributed by atoms with Gasteiger partial charge in [0, 0.05) is 22.2 Å². The summed E-state index contributed by atoms with van der Waals surface area (Å²) < 4.78 is 0. The fraction of sp³-hybridized carbons (Fsp3) is 0.250. The summed E-state index contributed by atoms with van der Waals surface area (Å²) in [5.41, 5.74) is 2.58. The lowest BCUT2D eigenvalue weighted by molar-refractivity contribution is 0.0993. The van der Waals surface area contributed by atoms with Crippen LogP contribution in [0.5, 0.6) is 0 Å². The van der Waals surface area contributed by atoms with E-state index in [9.17, 15) is 4.79 Å². The molecule has 0 saturated carbocycles. The number of benzene rings is 1. The molecule has 0 saturated heterocycles. The van der Waals surface area contributed by atoms with Crippen molar-refractivity contribution in [3.63, 3.8) is 0 Å². The molecule has 15 heavy (non-hydrogen) atoms. The first-order chi connectivity index (χ1) is 7.11. The molecule has 2 nitrogen and oxygen atoms in total. The van der Waals surface area contributed by atoms with E-state index in [1.54, 1.807) is 6.92 Å². The Morgan fingerprint density at radius 3 is 2.73 bits per heavy atom. The number of fused-ring (bicyclic) bond motifs is 1. The van der Waals surface area contributed by atoms with Crippen LogP contribution < -0.4 is 0 Å². The molecular formula is C12H12ClNO. The van der Waals surface area contributed by atoms with Gasteiger partial charge in [0.2, 0.25) is 0 Å². The summed E-state index contributed by atoms with van der Waals surface area (Å²) in [6.45, 7) is 3.59. The summed E-state index contributed by atoms with van der Waals surface area (Å²) >= 11 is 5.83. The van der Waals surface area contributed by atoms with Crippen molar-refractivity contribution in [2.24, 2.45) is 0 Å². The highest BCUT2D eigenvalue weighted by atomic mass is 35.5. The topological polar surface area (TPSA) is 32.9 Å². The van der Waals surface area contributed by atoms with Crippen LogP contribution in [0.1, 0.15) is 23.0 Å². The van der Waals surface area contributed by atoms with Gasteiger partial charge < -0.3 is 4.98 Å². The number of carbonyl (C=O) groups is 1. The van der Waals surface area contributed by atoms with Crippen LogP contribution >= 0.6 is 11.6 Å². The van der Waals surface area contributed by atoms with Crippen LogP contribution in [-0.2, 0) is 0 Å². The molecule has 0 bridgehead atoms. The number of rotatable bonds is 2. The Bertz CT molecular complexity index is 513. The van der Waals surface area contributed by atoms with Crippen molar-refractivity contribution in [3.8, 4) is 0 Å². The number of H-pyrrole nitrogens is 1. The van der Waals surface area contributed by atoms with Gasteiger partial charge in [0.05, 0.1) is 5.38 Å². The Balaban J connectivity index is 2.69. The number of carbonyl (C=O) groups excluding carboxylic acids is 1. The first-order valence-electron chi connectivity index (χ1n) is 4.87. The zero-order valence-corrected chi connectivity index (χ0v) is 9.43. The first-order valence-corrected chi connectivity index (χ1v) is 5.30. The number of alkyl halides is 1. The van der Waals surface area contributed by atoms with Gasteiger partial charge in [-0.15, -0.1) is 11.6 Å². The lowest BCUT2D eigenvalue weighted by Crippen LogP contribution is -2.11. The van der Waals surface area contributed by atoms with Gasteiger partial charge in [-0.2, -0.15) is 0 Å². The summed E-state index contributed by atoms with van der Waals surface area (Å²) in [5.74, 6) is -0.0217. The molecular weight excluding hydrogens is 210 g/mol. The van der Waals surface area contributed by atoms with Gasteiger partial charge in [-0.1, -0.05) is 18.2 Å². The number of Topliss-reactive ketones (excluding diaryl/α,β-unsaturated/α-hetero) is 1. The van der Waals surface area contributed by atoms with Gasteiger partial charge in [-0.3, -0.25) is 4.79 Å². The van der Waals surface area contributed by atoms with Crippen molar-refractivity contribution in [2.75, 3.05) is 0 Å². The maximum Gasteiger partial charge on any atom is 0.182 e. The Kier molecular flexibility index (Phi) is 2.53. The Morgan fingerprint density at radius 1 is 1.40 bits per heavy atom. The summed E-state index contributed by atoms with van der Waals surface area (Å²) in [6.07, 6.45) is 0. The predicted molar refractivity (Wildman–Crippen MR) is 62.7 cm³/mol. The van der Waals surface area contributed by atoms with E-state index in [4.69, 9.17) is 11.6 Å². The first kappa shape index (κ1) is 10.2. The third-order valence-corrected chi connectivity index (χ3v) is 2.70. The molecule has 0 amide bonds. The van der Waals surface area contributed by atoms with E-state index in [-0.39, 0.29) is 5.78 Å². The standard InChI is InChI=1S/C12H12ClNO/c1-7(13)12(15)11-8(2)14-10-6-4-3-5-9(10)11/h3-7,14H,1-2H3/t7-/m1/s1. The van der Waals surface area contributed by atoms with Crippen molar-refractivity contribution >= 4 is 28.3 Å². The van der Waals surface area contributed by atoms with E-state index in [0.717, 1.165) is 16.6 Å². The van der Waals surface area contributed by atoms with E-state index in [1.165, 1.54) is 0 Å². The fourth-order valence-electron chi connectivity index (χ4n) is 1.79. The summed E-state index contributed by atoms with van der Waals surface area (Å²) in [4.78, 5) is 15.1. The van der Waals surface area contributed by atoms with Crippen LogP contribution in [0.3, 0.4) is 0 Å². The lowest BCUT2D eigenvalue weighted by Gasteiger charge is -2.02. The van der Waals surface area contributed by atoms with Crippen molar-refractivity contribution < 1.29 is 4.79 Å². The number of aromatic amines is 1. The molecule has 0 spiro atoms. The molecule has 3 heteroatoms. The third-order valence-electron chi connectivity index (χ3n) is 2.50. The summed E-state index contributed by atoms with van der Waals surface area (Å²) in [7, 11) is 0. The Labute approximate surface area is 93.2 Å². The molecule has 0 aliphatic rings. The largest absolute Gasteiger partial charge is 0.358 e. The van der Waals surface area contributed by atoms with E-state index < -0.39 is 5.38 Å². The molecule has 1 N–H and O–H groups in total. The van der Waals surface area contributed by atoms with Gasteiger partial charge in [0.15, 0.2) is 5.78 Å². The average Bonchev–Trinajstić information content (AvgIpc) is 2.52. The molecule has 1 heterocycles. The van der Waals surface area contributed by atoms with Crippen LogP contribution in [-0.4, -0.2) is 16.1 Å². The SMILES string of the molecule is Cc1[nH]c2ccccc2c1C(=O)[C@@H](C)Cl. The Hall–Kier alpha value is -1.28. The highest BCUT2D eigenvalue weighted by Crippen LogP contribution is 2.24. The normalized spacial score (nSPS) is 13.0. The van der Waals surface area contributed by atoms with Crippen LogP contribution in [0.15, 0.2) is 24.3 Å². The second kappa shape index (κ2) is 3.70. The summed E-state index contributed by atoms with van der Waals surface area (Å²) in [6, 6.07) is 7.76. The molecule has 0 unspecified atom stereocenters. The number of nitrogens with one attached hydrogen (secondary N) is 1. The predicted octanol–water partition coefficient (Wildman–Crippen LogP) is 3.29. The number of ketones is 1. The number of para-hydroxylation sites is 1. The monoisotopic (exact) mass is 221 g/mol. The number of hydrogen-bond acceptors (Lipinski definition) is 1. The van der Waals surface area contributed by atoms with E-state index in [0.29, 0.717) is 5.56 Å². The van der Waals surface area contributed by atoms with Gasteiger partial charge >= 0.3 is 0 Å². The van der Waals surface area contributed by atoms with Crippen molar-refractivity contribution in [1.29, 1.82) is 0 Å². The molecule has 0 fully saturated rings. The minimum atomic E-state index is -0.483. The smallest absolute Gasteiger partial charge is 0.182 e. The number of hydrogen-bond donors (Lipinski definition) is 1. The van der Waals surface area contributed by atoms with Gasteiger partial charge in [-0.05, 0) is 19.9 Å². The van der Waals surface area contributed by atoms with Crippen molar-refractivity contribution in [3.05, 3.63) is 35.5 Å². The molecule has 1 atom stereocenters. The Morgan fingerprint density at radius 2 is 2.07 bits per heavy atom. The van der Waals surface area contributed by atoms with E-state index in [2.05, 4.69) is 4.98 Å². The zero-order valence-electron chi connectivity index (χ0n) is 8.67. The van der Waals surface area contributed by atoms with Crippen molar-refractivity contribution in [1.82, 2.24) is 4.98 Å². The number of aryl methyl sites for hydroxylation is 1. The molecule has 0 aliphatic heterocycles. The molecule has 78 valence electrons. The van der Waals surface area contributed by atoms with Gasteiger partial charge in [0.25, 0.3) is 0 Å². The maximum absolute atomic E-state index is 11.9. The lowest BCUT2D eigenvalue weighted by atomic mass is 10.1. The molecule has 2 rings (SSSR count). The minimum Gasteiger partial charge on any atom is -0.358 e. The maximum atomic E-state index is 11.9. The highest BCUT2D eigenvalue weighted by molar-refractivity contribution is 6.35. The number of aromatic nitrogens is 1. The third kappa shape index (κ3) is 1.65. The molecule has 2 aromatic rings. The molecule has 1 aromatic carbocycles. The fourth-order valence-corrected chi connectivity index (χ4v) is 1.90. The highest BCUT2D eigenvalue weighted by Gasteiger charge is 2.19. The molecule has 1 aromatic heterocycles. The van der Waals surface area contributed by atoms with Crippen LogP contribution in [0.2, 0.25) is 0 Å². The van der Waals surface area contributed by atoms with Crippen LogP contribution in [0.4, 0.5) is 0 Å². The molecule has 0 aliphatic carbocycles. The minimum absolute atomic E-state index is 0.0217. The second-order valence-electron chi connectivity index (χ2n) is 3.65. The van der Waals surface area contributed by atoms with Crippen LogP contribution in [0, 0.1) is 6.92 Å². The quantitative estimate of drug-likeness (QED) is 0.613. The van der Waals surface area contributed by atoms with Gasteiger partial charge in [0.1, 0.15) is 0 Å². The summed E-state index contributed by atoms with van der Waals surface area (Å²) in [5, 5.41) is 0.468. The second-order valence-corrected chi connectivity index (χ2v) is 4.31.